The minimum Gasteiger partial charge on any atom is -0.480 e. The van der Waals surface area contributed by atoms with Crippen molar-refractivity contribution in [3.05, 3.63) is 0 Å². The second-order valence-corrected chi connectivity index (χ2v) is 5.77. The molecule has 0 heterocycles. The molecule has 0 aliphatic rings. The average Bonchev–Trinajstić information content (AvgIpc) is 1.95. The van der Waals surface area contributed by atoms with Gasteiger partial charge in [0.15, 0.2) is 5.75 Å². The number of carboxylic acids is 1. The van der Waals surface area contributed by atoms with Crippen LogP contribution >= 0.6 is 0 Å². The molecule has 0 fully saturated rings. The third-order valence-electron chi connectivity index (χ3n) is 1.68. The van der Waals surface area contributed by atoms with E-state index in [1.54, 1.807) is 13.8 Å². The van der Waals surface area contributed by atoms with Gasteiger partial charge in [0.05, 0.1) is 0 Å². The van der Waals surface area contributed by atoms with Crippen molar-refractivity contribution in [2.75, 3.05) is 5.75 Å². The summed E-state index contributed by atoms with van der Waals surface area (Å²) in [7, 11) is -4.68. The highest BCUT2D eigenvalue weighted by Crippen LogP contribution is 2.17. The van der Waals surface area contributed by atoms with Crippen LogP contribution in [0.3, 0.4) is 0 Å². The van der Waals surface area contributed by atoms with Gasteiger partial charge in [-0.15, -0.1) is 0 Å². The van der Waals surface area contributed by atoms with Crippen LogP contribution in [0, 0.1) is 5.92 Å². The molecule has 0 unspecified atom stereocenters. The third-order valence-corrected chi connectivity index (χ3v) is 3.03. The van der Waals surface area contributed by atoms with Crippen LogP contribution in [0.1, 0.15) is 20.3 Å². The fraction of sp³-hybridized carbons (Fsp3) is 0.875. The van der Waals surface area contributed by atoms with Crippen LogP contribution in [-0.2, 0) is 14.8 Å². The molecule has 102 valence electrons. The summed E-state index contributed by atoms with van der Waals surface area (Å²) in [5, 5.41) is 8.68. The molecule has 0 saturated carbocycles. The van der Waals surface area contributed by atoms with Gasteiger partial charge in [0, 0.05) is 0 Å². The van der Waals surface area contributed by atoms with Gasteiger partial charge in [0.1, 0.15) is 6.04 Å². The molecule has 0 aliphatic carbocycles. The average molecular weight is 277 g/mol. The smallest absolute Gasteiger partial charge is 0.404 e. The first-order valence-corrected chi connectivity index (χ1v) is 6.38. The first kappa shape index (κ1) is 16.2. The summed E-state index contributed by atoms with van der Waals surface area (Å²) in [6, 6.07) is -1.54. The summed E-state index contributed by atoms with van der Waals surface area (Å²) < 4.78 is 59.3. The number of sulfonamides is 1. The molecule has 17 heavy (non-hydrogen) atoms. The molecule has 0 bridgehead atoms. The Labute approximate surface area is 97.1 Å². The van der Waals surface area contributed by atoms with Crippen molar-refractivity contribution in [2.45, 2.75) is 32.5 Å². The first-order valence-electron chi connectivity index (χ1n) is 4.72. The van der Waals surface area contributed by atoms with Crippen molar-refractivity contribution < 1.29 is 31.5 Å². The van der Waals surface area contributed by atoms with Gasteiger partial charge in [-0.05, 0) is 12.3 Å². The summed E-state index contributed by atoms with van der Waals surface area (Å²) >= 11 is 0. The monoisotopic (exact) mass is 277 g/mol. The van der Waals surface area contributed by atoms with E-state index in [4.69, 9.17) is 5.11 Å². The normalized spacial score (nSPS) is 14.9. The lowest BCUT2D eigenvalue weighted by Crippen LogP contribution is -2.44. The fourth-order valence-corrected chi connectivity index (χ4v) is 2.29. The van der Waals surface area contributed by atoms with Crippen molar-refractivity contribution in [1.82, 2.24) is 4.72 Å². The van der Waals surface area contributed by atoms with Crippen molar-refractivity contribution >= 4 is 16.0 Å². The van der Waals surface area contributed by atoms with Crippen molar-refractivity contribution in [3.63, 3.8) is 0 Å². The maximum absolute atomic E-state index is 11.9. The number of nitrogens with one attached hydrogen (secondary N) is 1. The van der Waals surface area contributed by atoms with Crippen LogP contribution in [0.15, 0.2) is 0 Å². The van der Waals surface area contributed by atoms with Gasteiger partial charge in [-0.25, -0.2) is 13.1 Å². The Kier molecular flexibility index (Phi) is 5.40. The summed E-state index contributed by atoms with van der Waals surface area (Å²) in [6.45, 7) is 3.27. The lowest BCUT2D eigenvalue weighted by molar-refractivity contribution is -0.139. The molecule has 0 saturated heterocycles. The molecule has 0 aromatic carbocycles. The van der Waals surface area contributed by atoms with E-state index in [1.807, 2.05) is 0 Å². The lowest BCUT2D eigenvalue weighted by atomic mass is 10.1. The van der Waals surface area contributed by atoms with Gasteiger partial charge < -0.3 is 5.11 Å². The molecule has 0 aliphatic heterocycles. The molecular formula is C8H14F3NO4S. The number of carboxylic acid groups (broad SMARTS) is 1. The van der Waals surface area contributed by atoms with E-state index < -0.39 is 34.0 Å². The van der Waals surface area contributed by atoms with Gasteiger partial charge in [-0.2, -0.15) is 13.2 Å². The minimum atomic E-state index is -4.90. The Balaban J connectivity index is 4.71. The number of hydrogen-bond acceptors (Lipinski definition) is 3. The Morgan fingerprint density at radius 2 is 1.82 bits per heavy atom. The van der Waals surface area contributed by atoms with E-state index >= 15 is 0 Å². The summed E-state index contributed by atoms with van der Waals surface area (Å²) in [5.41, 5.74) is 0. The molecule has 0 rings (SSSR count). The molecule has 9 heteroatoms. The maximum atomic E-state index is 11.9. The third kappa shape index (κ3) is 7.97. The standard InChI is InChI=1S/C8H14F3NO4S/c1-5(2)3-6(7(13)14)12-17(15,16)4-8(9,10)11/h5-6,12H,3-4H2,1-2H3,(H,13,14)/t6-/m0/s1. The highest BCUT2D eigenvalue weighted by atomic mass is 32.2. The topological polar surface area (TPSA) is 83.5 Å². The van der Waals surface area contributed by atoms with Crippen LogP contribution in [-0.4, -0.2) is 37.5 Å². The van der Waals surface area contributed by atoms with Gasteiger partial charge in [-0.1, -0.05) is 13.8 Å². The number of aliphatic carboxylic acids is 1. The number of alkyl halides is 3. The summed E-state index contributed by atoms with van der Waals surface area (Å²) in [4.78, 5) is 10.7. The summed E-state index contributed by atoms with van der Waals surface area (Å²) in [6.07, 6.45) is -4.97. The molecular weight excluding hydrogens is 263 g/mol. The van der Waals surface area contributed by atoms with Crippen LogP contribution in [0.4, 0.5) is 13.2 Å². The maximum Gasteiger partial charge on any atom is 0.404 e. The second-order valence-electron chi connectivity index (χ2n) is 4.01. The van der Waals surface area contributed by atoms with Crippen LogP contribution < -0.4 is 4.72 Å². The Morgan fingerprint density at radius 1 is 1.35 bits per heavy atom. The number of hydrogen-bond donors (Lipinski definition) is 2. The quantitative estimate of drug-likeness (QED) is 0.757. The van der Waals surface area contributed by atoms with Gasteiger partial charge in [-0.3, -0.25) is 4.79 Å². The zero-order valence-corrected chi connectivity index (χ0v) is 10.1. The molecule has 0 aromatic heterocycles. The van der Waals surface area contributed by atoms with Crippen LogP contribution in [0.5, 0.6) is 0 Å². The minimum absolute atomic E-state index is 0.0770. The summed E-state index contributed by atoms with van der Waals surface area (Å²) in [5.74, 6) is -3.74. The van der Waals surface area contributed by atoms with Crippen LogP contribution in [0.25, 0.3) is 0 Å². The Morgan fingerprint density at radius 3 is 2.12 bits per heavy atom. The second kappa shape index (κ2) is 5.67. The molecule has 2 N–H and O–H groups in total. The van der Waals surface area contributed by atoms with Crippen molar-refractivity contribution in [3.8, 4) is 0 Å². The van der Waals surface area contributed by atoms with Crippen molar-refractivity contribution in [2.24, 2.45) is 5.92 Å². The predicted octanol–water partition coefficient (Wildman–Crippen LogP) is 0.967. The van der Waals surface area contributed by atoms with E-state index in [0.29, 0.717) is 0 Å². The first-order chi connectivity index (χ1) is 7.43. The Bertz CT molecular complexity index is 363. The molecule has 0 spiro atoms. The zero-order chi connectivity index (χ0) is 13.9. The van der Waals surface area contributed by atoms with Crippen LogP contribution in [0.2, 0.25) is 0 Å². The zero-order valence-electron chi connectivity index (χ0n) is 9.28. The van der Waals surface area contributed by atoms with E-state index in [0.717, 1.165) is 0 Å². The van der Waals surface area contributed by atoms with E-state index in [2.05, 4.69) is 0 Å². The largest absolute Gasteiger partial charge is 0.480 e. The van der Waals surface area contributed by atoms with Gasteiger partial charge >= 0.3 is 12.1 Å². The molecule has 1 atom stereocenters. The number of rotatable bonds is 6. The van der Waals surface area contributed by atoms with E-state index in [9.17, 15) is 26.4 Å². The highest BCUT2D eigenvalue weighted by molar-refractivity contribution is 7.89. The lowest BCUT2D eigenvalue weighted by Gasteiger charge is -2.17. The van der Waals surface area contributed by atoms with Gasteiger partial charge in [0.2, 0.25) is 10.0 Å². The molecule has 0 radical (unpaired) electrons. The molecule has 0 amide bonds. The number of carbonyl (C=O) groups is 1. The SMILES string of the molecule is CC(C)C[C@H](NS(=O)(=O)CC(F)(F)F)C(=O)O. The van der Waals surface area contributed by atoms with E-state index in [-0.39, 0.29) is 12.3 Å². The van der Waals surface area contributed by atoms with Crippen molar-refractivity contribution in [1.29, 1.82) is 0 Å². The molecule has 0 aromatic rings. The highest BCUT2D eigenvalue weighted by Gasteiger charge is 2.37. The Hall–Kier alpha value is -0.830. The number of halogens is 3. The molecule has 5 nitrogen and oxygen atoms in total. The fourth-order valence-electron chi connectivity index (χ4n) is 1.14. The van der Waals surface area contributed by atoms with Gasteiger partial charge in [0.25, 0.3) is 0 Å². The predicted molar refractivity (Wildman–Crippen MR) is 53.9 cm³/mol. The van der Waals surface area contributed by atoms with E-state index in [1.165, 1.54) is 4.72 Å².